The zero-order chi connectivity index (χ0) is 23.4. The number of amides is 2. The second-order valence-corrected chi connectivity index (χ2v) is 8.19. The molecule has 0 spiro atoms. The summed E-state index contributed by atoms with van der Waals surface area (Å²) < 4.78 is 12.6. The van der Waals surface area contributed by atoms with E-state index in [0.29, 0.717) is 43.2 Å². The molecule has 4 rings (SSSR count). The van der Waals surface area contributed by atoms with Gasteiger partial charge in [0.15, 0.2) is 0 Å². The molecule has 0 bridgehead atoms. The van der Waals surface area contributed by atoms with E-state index in [9.17, 15) is 14.9 Å². The molecule has 4 heterocycles. The van der Waals surface area contributed by atoms with Crippen LogP contribution in [-0.4, -0.2) is 40.4 Å². The number of nitriles is 1. The minimum absolute atomic E-state index is 0.0632. The number of likely N-dealkylation sites (tertiary alicyclic amines) is 1. The van der Waals surface area contributed by atoms with Crippen molar-refractivity contribution in [3.63, 3.8) is 0 Å². The summed E-state index contributed by atoms with van der Waals surface area (Å²) in [6.45, 7) is 5.21. The topological polar surface area (TPSA) is 116 Å². The lowest BCUT2D eigenvalue weighted by atomic mass is 10.2. The van der Waals surface area contributed by atoms with Crippen molar-refractivity contribution < 1.29 is 18.4 Å². The number of anilines is 1. The fraction of sp³-hybridized carbons (Fsp3) is 0.375. The zero-order valence-electron chi connectivity index (χ0n) is 18.8. The van der Waals surface area contributed by atoms with Crippen molar-refractivity contribution in [2.24, 2.45) is 0 Å². The van der Waals surface area contributed by atoms with Crippen molar-refractivity contribution in [3.8, 4) is 6.07 Å². The van der Waals surface area contributed by atoms with E-state index < -0.39 is 0 Å². The van der Waals surface area contributed by atoms with E-state index in [-0.39, 0.29) is 24.4 Å². The van der Waals surface area contributed by atoms with Crippen LogP contribution in [0.4, 0.5) is 5.82 Å². The van der Waals surface area contributed by atoms with Gasteiger partial charge in [0.05, 0.1) is 43.8 Å². The lowest BCUT2D eigenvalue weighted by Crippen LogP contribution is -2.45. The summed E-state index contributed by atoms with van der Waals surface area (Å²) in [7, 11) is 0. The van der Waals surface area contributed by atoms with Gasteiger partial charge in [0.2, 0.25) is 11.8 Å². The van der Waals surface area contributed by atoms with Crippen molar-refractivity contribution in [2.75, 3.05) is 18.4 Å². The second-order valence-electron chi connectivity index (χ2n) is 8.19. The number of rotatable bonds is 8. The Morgan fingerprint density at radius 1 is 1.18 bits per heavy atom. The summed E-state index contributed by atoms with van der Waals surface area (Å²) in [5.41, 5.74) is 2.13. The number of aromatic nitrogens is 1. The smallest absolute Gasteiger partial charge is 0.239 e. The maximum atomic E-state index is 13.0. The summed E-state index contributed by atoms with van der Waals surface area (Å²) >= 11 is 0. The van der Waals surface area contributed by atoms with Gasteiger partial charge in [-0.3, -0.25) is 14.5 Å². The van der Waals surface area contributed by atoms with E-state index in [2.05, 4.69) is 16.7 Å². The Bertz CT molecular complexity index is 1150. The van der Waals surface area contributed by atoms with E-state index in [0.717, 1.165) is 23.4 Å². The van der Waals surface area contributed by atoms with Crippen molar-refractivity contribution >= 4 is 17.6 Å². The number of hydrogen-bond donors (Lipinski definition) is 2. The van der Waals surface area contributed by atoms with Gasteiger partial charge < -0.3 is 24.0 Å². The van der Waals surface area contributed by atoms with Crippen LogP contribution in [0.1, 0.15) is 41.2 Å². The van der Waals surface area contributed by atoms with Crippen LogP contribution < -0.4 is 10.6 Å². The molecule has 2 amide bonds. The third kappa shape index (κ3) is 4.86. The molecule has 0 aromatic carbocycles. The summed E-state index contributed by atoms with van der Waals surface area (Å²) in [4.78, 5) is 27.5. The van der Waals surface area contributed by atoms with E-state index >= 15 is 0 Å². The number of nitrogens with zero attached hydrogens (tertiary/aromatic N) is 3. The normalized spacial score (nSPS) is 16.0. The number of carbonyl (C=O) groups excluding carboxylic acids is 2. The molecular weight excluding hydrogens is 422 g/mol. The first-order chi connectivity index (χ1) is 16.0. The maximum absolute atomic E-state index is 13.0. The maximum Gasteiger partial charge on any atom is 0.239 e. The lowest BCUT2D eigenvalue weighted by molar-refractivity contribution is -0.126. The molecule has 172 valence electrons. The molecule has 9 nitrogen and oxygen atoms in total. The Morgan fingerprint density at radius 2 is 1.91 bits per heavy atom. The number of hydrogen-bond acceptors (Lipinski definition) is 6. The predicted molar refractivity (Wildman–Crippen MR) is 120 cm³/mol. The number of carbonyl (C=O) groups is 2. The van der Waals surface area contributed by atoms with E-state index in [1.165, 1.54) is 0 Å². The molecular formula is C24H27N5O4. The quantitative estimate of drug-likeness (QED) is 0.546. The lowest BCUT2D eigenvalue weighted by Gasteiger charge is -2.23. The van der Waals surface area contributed by atoms with Crippen LogP contribution in [0.2, 0.25) is 0 Å². The van der Waals surface area contributed by atoms with E-state index in [4.69, 9.17) is 8.83 Å². The van der Waals surface area contributed by atoms with Gasteiger partial charge in [0.1, 0.15) is 23.4 Å². The van der Waals surface area contributed by atoms with Gasteiger partial charge in [-0.15, -0.1) is 0 Å². The zero-order valence-corrected chi connectivity index (χ0v) is 18.8. The molecule has 1 saturated heterocycles. The molecule has 1 unspecified atom stereocenters. The van der Waals surface area contributed by atoms with Crippen molar-refractivity contribution in [1.82, 2.24) is 14.8 Å². The summed E-state index contributed by atoms with van der Waals surface area (Å²) in [5, 5.41) is 15.5. The van der Waals surface area contributed by atoms with Crippen LogP contribution in [0.3, 0.4) is 0 Å². The fourth-order valence-electron chi connectivity index (χ4n) is 4.26. The highest BCUT2D eigenvalue weighted by Crippen LogP contribution is 2.28. The summed E-state index contributed by atoms with van der Waals surface area (Å²) in [6.07, 6.45) is 4.68. The monoisotopic (exact) mass is 449 g/mol. The van der Waals surface area contributed by atoms with Crippen LogP contribution in [0, 0.1) is 25.2 Å². The highest BCUT2D eigenvalue weighted by Gasteiger charge is 2.32. The molecule has 33 heavy (non-hydrogen) atoms. The summed E-state index contributed by atoms with van der Waals surface area (Å²) in [6, 6.07) is 9.06. The van der Waals surface area contributed by atoms with Gasteiger partial charge in [-0.25, -0.2) is 0 Å². The largest absolute Gasteiger partial charge is 0.467 e. The Balaban J connectivity index is 1.44. The molecule has 1 aliphatic rings. The molecule has 1 atom stereocenters. The highest BCUT2D eigenvalue weighted by molar-refractivity contribution is 5.94. The number of furan rings is 2. The van der Waals surface area contributed by atoms with Crippen molar-refractivity contribution in [3.05, 3.63) is 65.1 Å². The van der Waals surface area contributed by atoms with Gasteiger partial charge >= 0.3 is 0 Å². The van der Waals surface area contributed by atoms with Gasteiger partial charge in [-0.2, -0.15) is 5.26 Å². The highest BCUT2D eigenvalue weighted by atomic mass is 16.3. The molecule has 3 aromatic heterocycles. The number of nitrogens with one attached hydrogen (secondary N) is 2. The van der Waals surface area contributed by atoms with Gasteiger partial charge in [0, 0.05) is 5.69 Å². The third-order valence-corrected chi connectivity index (χ3v) is 6.12. The average Bonchev–Trinajstić information content (AvgIpc) is 3.60. The minimum atomic E-state index is -0.375. The van der Waals surface area contributed by atoms with Crippen LogP contribution in [0.15, 0.2) is 45.6 Å². The Morgan fingerprint density at radius 3 is 2.58 bits per heavy atom. The molecule has 0 saturated carbocycles. The van der Waals surface area contributed by atoms with E-state index in [1.54, 1.807) is 30.7 Å². The SMILES string of the molecule is Cc1c(C#N)c(NC(=O)CN2CCCC2C(=O)NCc2ccco2)n(Cc2ccco2)c1C. The first kappa shape index (κ1) is 22.4. The van der Waals surface area contributed by atoms with Gasteiger partial charge in [-0.05, 0) is 63.1 Å². The fourth-order valence-corrected chi connectivity index (χ4v) is 4.26. The molecule has 2 N–H and O–H groups in total. The predicted octanol–water partition coefficient (Wildman–Crippen LogP) is 2.93. The van der Waals surface area contributed by atoms with Crippen LogP contribution in [-0.2, 0) is 22.7 Å². The first-order valence-electron chi connectivity index (χ1n) is 10.9. The minimum Gasteiger partial charge on any atom is -0.467 e. The molecule has 0 radical (unpaired) electrons. The molecule has 3 aromatic rings. The molecule has 0 aliphatic carbocycles. The molecule has 1 fully saturated rings. The van der Waals surface area contributed by atoms with Crippen LogP contribution in [0.5, 0.6) is 0 Å². The van der Waals surface area contributed by atoms with Crippen molar-refractivity contribution in [1.29, 1.82) is 5.26 Å². The van der Waals surface area contributed by atoms with Crippen LogP contribution >= 0.6 is 0 Å². The second kappa shape index (κ2) is 9.79. The summed E-state index contributed by atoms with van der Waals surface area (Å²) in [5.74, 6) is 1.46. The average molecular weight is 450 g/mol. The Labute approximate surface area is 192 Å². The molecule has 1 aliphatic heterocycles. The molecule has 9 heteroatoms. The standard InChI is InChI=1S/C24H27N5O4/c1-16-17(2)29(14-19-7-5-11-33-19)23(20(16)12-25)27-22(30)15-28-9-3-8-21(28)24(31)26-13-18-6-4-10-32-18/h4-7,10-11,21H,3,8-9,13-15H2,1-2H3,(H,26,31)(H,27,30). The van der Waals surface area contributed by atoms with Gasteiger partial charge in [0.25, 0.3) is 0 Å². The Kier molecular flexibility index (Phi) is 6.66. The van der Waals surface area contributed by atoms with Gasteiger partial charge in [-0.1, -0.05) is 0 Å². The Hall–Kier alpha value is -3.77. The van der Waals surface area contributed by atoms with Crippen molar-refractivity contribution in [2.45, 2.75) is 45.8 Å². The third-order valence-electron chi connectivity index (χ3n) is 6.12. The van der Waals surface area contributed by atoms with E-state index in [1.807, 2.05) is 29.4 Å². The first-order valence-corrected chi connectivity index (χ1v) is 10.9. The van der Waals surface area contributed by atoms with Crippen LogP contribution in [0.25, 0.3) is 0 Å².